The summed E-state index contributed by atoms with van der Waals surface area (Å²) >= 11 is 1.65. The third-order valence-corrected chi connectivity index (χ3v) is 4.79. The third-order valence-electron chi connectivity index (χ3n) is 3.71. The summed E-state index contributed by atoms with van der Waals surface area (Å²) in [5, 5.41) is 13.9. The van der Waals surface area contributed by atoms with E-state index in [9.17, 15) is 9.90 Å². The molecule has 130 valence electrons. The van der Waals surface area contributed by atoms with Crippen LogP contribution in [0.4, 0.5) is 0 Å². The molecule has 0 aliphatic carbocycles. The van der Waals surface area contributed by atoms with Crippen molar-refractivity contribution in [2.75, 3.05) is 6.54 Å². The Morgan fingerprint density at radius 1 is 1.33 bits per heavy atom. The number of benzene rings is 1. The van der Waals surface area contributed by atoms with E-state index in [0.717, 1.165) is 10.7 Å². The average Bonchev–Trinajstić information content (AvgIpc) is 2.84. The number of hydrogen-bond donors (Lipinski definition) is 2. The lowest BCUT2D eigenvalue weighted by Gasteiger charge is -2.23. The number of carbonyl (C=O) groups is 1. The van der Waals surface area contributed by atoms with Crippen molar-refractivity contribution < 1.29 is 14.3 Å². The molecule has 0 aliphatic rings. The van der Waals surface area contributed by atoms with Crippen LogP contribution in [0.15, 0.2) is 39.6 Å². The van der Waals surface area contributed by atoms with Gasteiger partial charge in [-0.2, -0.15) is 0 Å². The fourth-order valence-corrected chi connectivity index (χ4v) is 3.57. The van der Waals surface area contributed by atoms with Gasteiger partial charge in [0.1, 0.15) is 17.1 Å². The van der Waals surface area contributed by atoms with Gasteiger partial charge in [0.05, 0.1) is 12.1 Å². The first-order chi connectivity index (χ1) is 11.2. The molecule has 0 spiro atoms. The van der Waals surface area contributed by atoms with Gasteiger partial charge >= 0.3 is 0 Å². The highest BCUT2D eigenvalue weighted by Crippen LogP contribution is 2.28. The SMILES string of the molecule is Cc1cc(C(C)(O)CNC(=O)c2ccccc2SC(C)C)c(C)o1. The molecule has 0 fully saturated rings. The molecule has 1 aromatic carbocycles. The van der Waals surface area contributed by atoms with E-state index in [1.165, 1.54) is 0 Å². The van der Waals surface area contributed by atoms with Gasteiger partial charge in [0, 0.05) is 15.7 Å². The Morgan fingerprint density at radius 3 is 2.58 bits per heavy atom. The quantitative estimate of drug-likeness (QED) is 0.774. The summed E-state index contributed by atoms with van der Waals surface area (Å²) in [6, 6.07) is 9.34. The van der Waals surface area contributed by atoms with Crippen molar-refractivity contribution in [1.82, 2.24) is 5.32 Å². The van der Waals surface area contributed by atoms with Gasteiger partial charge in [-0.15, -0.1) is 11.8 Å². The van der Waals surface area contributed by atoms with E-state index < -0.39 is 5.60 Å². The molecule has 1 atom stereocenters. The van der Waals surface area contributed by atoms with E-state index in [1.807, 2.05) is 44.2 Å². The number of hydrogen-bond acceptors (Lipinski definition) is 4. The van der Waals surface area contributed by atoms with Gasteiger partial charge in [0.15, 0.2) is 0 Å². The average molecular weight is 347 g/mol. The van der Waals surface area contributed by atoms with Crippen molar-refractivity contribution in [1.29, 1.82) is 0 Å². The number of carbonyl (C=O) groups excluding carboxylic acids is 1. The fourth-order valence-electron chi connectivity index (χ4n) is 2.62. The fraction of sp³-hybridized carbons (Fsp3) is 0.421. The van der Waals surface area contributed by atoms with Gasteiger partial charge in [-0.3, -0.25) is 4.79 Å². The van der Waals surface area contributed by atoms with Gasteiger partial charge in [-0.25, -0.2) is 0 Å². The Kier molecular flexibility index (Phi) is 5.78. The van der Waals surface area contributed by atoms with Crippen molar-refractivity contribution in [3.05, 3.63) is 53.0 Å². The van der Waals surface area contributed by atoms with Crippen molar-refractivity contribution in [2.24, 2.45) is 0 Å². The summed E-state index contributed by atoms with van der Waals surface area (Å²) in [4.78, 5) is 13.5. The predicted octanol–water partition coefficient (Wildman–Crippen LogP) is 4.03. The minimum absolute atomic E-state index is 0.117. The topological polar surface area (TPSA) is 62.5 Å². The van der Waals surface area contributed by atoms with E-state index in [4.69, 9.17) is 4.42 Å². The zero-order valence-corrected chi connectivity index (χ0v) is 15.7. The summed E-state index contributed by atoms with van der Waals surface area (Å²) in [6.07, 6.45) is 0. The molecule has 4 nitrogen and oxygen atoms in total. The molecule has 2 rings (SSSR count). The Labute approximate surface area is 147 Å². The second-order valence-corrected chi connectivity index (χ2v) is 8.06. The van der Waals surface area contributed by atoms with Crippen LogP contribution in [0.1, 0.15) is 48.2 Å². The van der Waals surface area contributed by atoms with Crippen molar-refractivity contribution in [3.8, 4) is 0 Å². The Hall–Kier alpha value is -1.72. The zero-order valence-electron chi connectivity index (χ0n) is 14.8. The summed E-state index contributed by atoms with van der Waals surface area (Å²) in [5.41, 5.74) is 0.148. The predicted molar refractivity (Wildman–Crippen MR) is 97.5 cm³/mol. The van der Waals surface area contributed by atoms with Crippen LogP contribution < -0.4 is 5.32 Å². The molecule has 1 aromatic heterocycles. The summed E-state index contributed by atoms with van der Waals surface area (Å²) in [6.45, 7) is 9.63. The Morgan fingerprint density at radius 2 is 2.00 bits per heavy atom. The lowest BCUT2D eigenvalue weighted by atomic mass is 9.96. The molecule has 5 heteroatoms. The minimum Gasteiger partial charge on any atom is -0.466 e. The number of rotatable bonds is 6. The highest BCUT2D eigenvalue weighted by molar-refractivity contribution is 8.00. The maximum atomic E-state index is 12.6. The minimum atomic E-state index is -1.18. The molecule has 2 N–H and O–H groups in total. The van der Waals surface area contributed by atoms with Gasteiger partial charge in [-0.1, -0.05) is 26.0 Å². The maximum Gasteiger partial charge on any atom is 0.252 e. The van der Waals surface area contributed by atoms with Gasteiger partial charge < -0.3 is 14.8 Å². The van der Waals surface area contributed by atoms with Gasteiger partial charge in [0.2, 0.25) is 0 Å². The number of aryl methyl sites for hydroxylation is 2. The summed E-state index contributed by atoms with van der Waals surface area (Å²) in [7, 11) is 0. The van der Waals surface area contributed by atoms with E-state index in [0.29, 0.717) is 22.1 Å². The standard InChI is InChI=1S/C19H25NO3S/c1-12(2)24-17-9-7-6-8-15(17)18(21)20-11-19(5,22)16-10-13(3)23-14(16)4/h6-10,12,22H,11H2,1-5H3,(H,20,21). The smallest absolute Gasteiger partial charge is 0.252 e. The number of thioether (sulfide) groups is 1. The molecule has 0 bridgehead atoms. The normalized spacial score (nSPS) is 13.8. The molecule has 1 amide bonds. The van der Waals surface area contributed by atoms with Crippen molar-refractivity contribution in [3.63, 3.8) is 0 Å². The molecular formula is C19H25NO3S. The molecule has 1 unspecified atom stereocenters. The van der Waals surface area contributed by atoms with Crippen LogP contribution >= 0.6 is 11.8 Å². The Balaban J connectivity index is 2.12. The van der Waals surface area contributed by atoms with Crippen LogP contribution in [0.5, 0.6) is 0 Å². The summed E-state index contributed by atoms with van der Waals surface area (Å²) < 4.78 is 5.48. The van der Waals surface area contributed by atoms with Crippen LogP contribution in [-0.4, -0.2) is 22.8 Å². The molecule has 1 heterocycles. The third kappa shape index (κ3) is 4.42. The highest BCUT2D eigenvalue weighted by Gasteiger charge is 2.28. The second-order valence-electron chi connectivity index (χ2n) is 6.45. The van der Waals surface area contributed by atoms with Gasteiger partial charge in [0.25, 0.3) is 5.91 Å². The molecule has 0 aliphatic heterocycles. The maximum absolute atomic E-state index is 12.6. The van der Waals surface area contributed by atoms with Crippen LogP contribution in [-0.2, 0) is 5.60 Å². The van der Waals surface area contributed by atoms with Crippen LogP contribution in [0.3, 0.4) is 0 Å². The Bertz CT molecular complexity index is 719. The number of aliphatic hydroxyl groups is 1. The first-order valence-corrected chi connectivity index (χ1v) is 8.92. The van der Waals surface area contributed by atoms with Crippen LogP contribution in [0.2, 0.25) is 0 Å². The van der Waals surface area contributed by atoms with Crippen LogP contribution in [0, 0.1) is 13.8 Å². The largest absolute Gasteiger partial charge is 0.466 e. The van der Waals surface area contributed by atoms with Crippen molar-refractivity contribution in [2.45, 2.75) is 50.4 Å². The molecule has 2 aromatic rings. The van der Waals surface area contributed by atoms with E-state index in [2.05, 4.69) is 19.2 Å². The highest BCUT2D eigenvalue weighted by atomic mass is 32.2. The van der Waals surface area contributed by atoms with E-state index in [-0.39, 0.29) is 12.5 Å². The van der Waals surface area contributed by atoms with Crippen LogP contribution in [0.25, 0.3) is 0 Å². The van der Waals surface area contributed by atoms with E-state index in [1.54, 1.807) is 18.7 Å². The molecule has 0 saturated carbocycles. The number of amides is 1. The second kappa shape index (κ2) is 7.45. The first kappa shape index (κ1) is 18.6. The molecule has 0 radical (unpaired) electrons. The lowest BCUT2D eigenvalue weighted by Crippen LogP contribution is -2.39. The number of furan rings is 1. The lowest BCUT2D eigenvalue weighted by molar-refractivity contribution is 0.0513. The van der Waals surface area contributed by atoms with E-state index >= 15 is 0 Å². The molecule has 0 saturated heterocycles. The number of nitrogens with one attached hydrogen (secondary N) is 1. The molecular weight excluding hydrogens is 322 g/mol. The molecule has 24 heavy (non-hydrogen) atoms. The van der Waals surface area contributed by atoms with Gasteiger partial charge in [-0.05, 0) is 39.0 Å². The monoisotopic (exact) mass is 347 g/mol. The van der Waals surface area contributed by atoms with Crippen molar-refractivity contribution >= 4 is 17.7 Å². The zero-order chi connectivity index (χ0) is 17.9. The summed E-state index contributed by atoms with van der Waals surface area (Å²) in [5.74, 6) is 1.23. The first-order valence-electron chi connectivity index (χ1n) is 8.04.